The van der Waals surface area contributed by atoms with Crippen molar-refractivity contribution in [1.29, 1.82) is 0 Å². The third-order valence-electron chi connectivity index (χ3n) is 4.41. The second-order valence-corrected chi connectivity index (χ2v) is 6.61. The monoisotopic (exact) mass is 339 g/mol. The van der Waals surface area contributed by atoms with Gasteiger partial charge >= 0.3 is 0 Å². The van der Waals surface area contributed by atoms with Crippen molar-refractivity contribution in [2.75, 3.05) is 0 Å². The molecule has 0 unspecified atom stereocenters. The van der Waals surface area contributed by atoms with Gasteiger partial charge in [-0.1, -0.05) is 11.6 Å². The molecule has 1 aliphatic rings. The van der Waals surface area contributed by atoms with Crippen molar-refractivity contribution in [2.24, 2.45) is 23.7 Å². The second-order valence-electron chi connectivity index (χ2n) is 6.17. The number of fused-ring (bicyclic) bond motifs is 3. The Morgan fingerprint density at radius 2 is 2.25 bits per heavy atom. The minimum absolute atomic E-state index is 0.502. The number of nitrogens with zero attached hydrogens (tertiary/aromatic N) is 4. The van der Waals surface area contributed by atoms with Crippen LogP contribution in [-0.4, -0.2) is 20.7 Å². The van der Waals surface area contributed by atoms with Gasteiger partial charge in [0, 0.05) is 29.4 Å². The zero-order chi connectivity index (χ0) is 16.7. The molecule has 0 spiro atoms. The molecule has 24 heavy (non-hydrogen) atoms. The average Bonchev–Trinajstić information content (AvgIpc) is 3.37. The van der Waals surface area contributed by atoms with Crippen molar-refractivity contribution in [3.63, 3.8) is 0 Å². The molecular weight excluding hydrogens is 322 g/mol. The number of aliphatic imine (C=N–C) groups is 1. The van der Waals surface area contributed by atoms with Crippen LogP contribution < -0.4 is 5.73 Å². The summed E-state index contributed by atoms with van der Waals surface area (Å²) in [6.45, 7) is 0.502. The van der Waals surface area contributed by atoms with E-state index in [4.69, 9.17) is 17.3 Å². The minimum atomic E-state index is 0.502. The number of hydrogen-bond acceptors (Lipinski definition) is 4. The third kappa shape index (κ3) is 2.76. The van der Waals surface area contributed by atoms with Gasteiger partial charge in [-0.3, -0.25) is 9.98 Å². The maximum atomic E-state index is 6.14. The molecule has 1 saturated carbocycles. The summed E-state index contributed by atoms with van der Waals surface area (Å²) in [7, 11) is 1.99. The number of aromatic nitrogens is 3. The van der Waals surface area contributed by atoms with Crippen molar-refractivity contribution < 1.29 is 0 Å². The maximum absolute atomic E-state index is 6.14. The first kappa shape index (κ1) is 15.1. The summed E-state index contributed by atoms with van der Waals surface area (Å²) < 4.78 is 2.06. The lowest BCUT2D eigenvalue weighted by molar-refractivity contribution is 0.817. The van der Waals surface area contributed by atoms with Gasteiger partial charge in [-0.15, -0.1) is 0 Å². The Kier molecular flexibility index (Phi) is 3.73. The Morgan fingerprint density at radius 3 is 3.04 bits per heavy atom. The molecule has 1 fully saturated rings. The highest BCUT2D eigenvalue weighted by Crippen LogP contribution is 2.33. The van der Waals surface area contributed by atoms with Crippen LogP contribution in [0.5, 0.6) is 0 Å². The largest absolute Gasteiger partial charge is 0.402 e. The van der Waals surface area contributed by atoms with Crippen LogP contribution in [0, 0.1) is 5.92 Å². The first-order valence-corrected chi connectivity index (χ1v) is 8.36. The minimum Gasteiger partial charge on any atom is -0.402 e. The summed E-state index contributed by atoms with van der Waals surface area (Å²) in [4.78, 5) is 13.5. The molecule has 2 N–H and O–H groups in total. The van der Waals surface area contributed by atoms with Gasteiger partial charge in [-0.05, 0) is 43.0 Å². The molecule has 0 bridgehead atoms. The van der Waals surface area contributed by atoms with Gasteiger partial charge in [0.2, 0.25) is 0 Å². The van der Waals surface area contributed by atoms with Crippen molar-refractivity contribution in [3.8, 4) is 0 Å². The van der Waals surface area contributed by atoms with Gasteiger partial charge in [0.05, 0.1) is 23.8 Å². The Hall–Kier alpha value is -2.40. The van der Waals surface area contributed by atoms with Crippen molar-refractivity contribution in [3.05, 3.63) is 47.0 Å². The molecule has 1 aromatic carbocycles. The zero-order valence-electron chi connectivity index (χ0n) is 13.4. The van der Waals surface area contributed by atoms with Gasteiger partial charge in [-0.2, -0.15) is 0 Å². The molecule has 2 aromatic heterocycles. The van der Waals surface area contributed by atoms with E-state index in [1.165, 1.54) is 12.8 Å². The molecule has 0 aliphatic heterocycles. The van der Waals surface area contributed by atoms with E-state index in [0.29, 0.717) is 17.5 Å². The zero-order valence-corrected chi connectivity index (χ0v) is 14.2. The molecular formula is C18H18ClN5. The molecule has 0 amide bonds. The van der Waals surface area contributed by atoms with Crippen molar-refractivity contribution >= 4 is 39.8 Å². The molecule has 2 heterocycles. The van der Waals surface area contributed by atoms with Gasteiger partial charge in [0.15, 0.2) is 0 Å². The van der Waals surface area contributed by atoms with Gasteiger partial charge in [0.25, 0.3) is 0 Å². The molecule has 0 atom stereocenters. The number of aryl methyl sites for hydroxylation is 1. The van der Waals surface area contributed by atoms with E-state index in [1.807, 2.05) is 31.3 Å². The van der Waals surface area contributed by atoms with Gasteiger partial charge < -0.3 is 10.3 Å². The highest BCUT2D eigenvalue weighted by atomic mass is 35.5. The van der Waals surface area contributed by atoms with E-state index in [1.54, 1.807) is 12.4 Å². The molecule has 122 valence electrons. The number of rotatable bonds is 4. The average molecular weight is 340 g/mol. The molecule has 1 aliphatic carbocycles. The number of hydrogen-bond donors (Lipinski definition) is 1. The fourth-order valence-corrected chi connectivity index (χ4v) is 3.06. The number of benzene rings is 1. The quantitative estimate of drug-likeness (QED) is 0.738. The fraction of sp³-hybridized carbons (Fsp3) is 0.278. The predicted molar refractivity (Wildman–Crippen MR) is 98.2 cm³/mol. The predicted octanol–water partition coefficient (Wildman–Crippen LogP) is 3.60. The van der Waals surface area contributed by atoms with E-state index in [9.17, 15) is 0 Å². The van der Waals surface area contributed by atoms with E-state index in [-0.39, 0.29) is 0 Å². The Morgan fingerprint density at radius 1 is 1.42 bits per heavy atom. The van der Waals surface area contributed by atoms with Gasteiger partial charge in [0.1, 0.15) is 11.3 Å². The number of halogens is 1. The Balaban J connectivity index is 1.67. The molecule has 6 heteroatoms. The standard InChI is InChI=1S/C18H18ClN5/c1-24-17(10-21-7-6-14(20)11-2-3-11)23-16-9-22-15-5-4-12(19)8-13(15)18(16)24/h4-9,11H,2-3,10,20H2,1H3. The van der Waals surface area contributed by atoms with E-state index >= 15 is 0 Å². The highest BCUT2D eigenvalue weighted by molar-refractivity contribution is 6.31. The molecule has 3 aromatic rings. The van der Waals surface area contributed by atoms with Crippen LogP contribution >= 0.6 is 11.6 Å². The van der Waals surface area contributed by atoms with E-state index in [2.05, 4.69) is 19.5 Å². The molecule has 0 radical (unpaired) electrons. The van der Waals surface area contributed by atoms with Crippen LogP contribution in [0.15, 0.2) is 41.2 Å². The smallest absolute Gasteiger partial charge is 0.131 e. The SMILES string of the molecule is Cn1c(CN=CC=C(N)C2CC2)nc2cnc3ccc(Cl)cc3c21. The normalized spacial score (nSPS) is 15.8. The van der Waals surface area contributed by atoms with Crippen molar-refractivity contribution in [2.45, 2.75) is 19.4 Å². The van der Waals surface area contributed by atoms with Crippen LogP contribution in [0.3, 0.4) is 0 Å². The molecule has 5 nitrogen and oxygen atoms in total. The third-order valence-corrected chi connectivity index (χ3v) is 4.64. The Bertz CT molecular complexity index is 982. The van der Waals surface area contributed by atoms with Crippen LogP contribution in [-0.2, 0) is 13.6 Å². The van der Waals surface area contributed by atoms with Crippen molar-refractivity contribution in [1.82, 2.24) is 14.5 Å². The summed E-state index contributed by atoms with van der Waals surface area (Å²) in [5, 5.41) is 1.70. The summed E-state index contributed by atoms with van der Waals surface area (Å²) in [5.41, 5.74) is 9.67. The first-order valence-electron chi connectivity index (χ1n) is 7.98. The van der Waals surface area contributed by atoms with Gasteiger partial charge in [-0.25, -0.2) is 4.98 Å². The summed E-state index contributed by atoms with van der Waals surface area (Å²) in [5.74, 6) is 1.45. The summed E-state index contributed by atoms with van der Waals surface area (Å²) in [6.07, 6.45) is 7.87. The van der Waals surface area contributed by atoms with Crippen LogP contribution in [0.2, 0.25) is 5.02 Å². The highest BCUT2D eigenvalue weighted by Gasteiger charge is 2.23. The maximum Gasteiger partial charge on any atom is 0.131 e. The summed E-state index contributed by atoms with van der Waals surface area (Å²) >= 11 is 6.14. The number of imidazole rings is 1. The van der Waals surface area contributed by atoms with Crippen LogP contribution in [0.1, 0.15) is 18.7 Å². The van der Waals surface area contributed by atoms with Crippen LogP contribution in [0.25, 0.3) is 21.9 Å². The number of pyridine rings is 1. The lowest BCUT2D eigenvalue weighted by Gasteiger charge is -2.03. The number of allylic oxidation sites excluding steroid dienone is 2. The Labute approximate surface area is 144 Å². The first-order chi connectivity index (χ1) is 11.6. The van der Waals surface area contributed by atoms with E-state index < -0.39 is 0 Å². The number of nitrogens with two attached hydrogens (primary N) is 1. The fourth-order valence-electron chi connectivity index (χ4n) is 2.89. The topological polar surface area (TPSA) is 69.1 Å². The second kappa shape index (κ2) is 5.91. The lowest BCUT2D eigenvalue weighted by Crippen LogP contribution is -1.99. The summed E-state index contributed by atoms with van der Waals surface area (Å²) in [6, 6.07) is 5.70. The molecule has 4 rings (SSSR count). The molecule has 0 saturated heterocycles. The lowest BCUT2D eigenvalue weighted by atomic mass is 10.2. The van der Waals surface area contributed by atoms with Crippen LogP contribution in [0.4, 0.5) is 0 Å². The van der Waals surface area contributed by atoms with E-state index in [0.717, 1.165) is 33.5 Å².